The maximum atomic E-state index is 13.9. The first-order valence-corrected chi connectivity index (χ1v) is 10.2. The third-order valence-electron chi connectivity index (χ3n) is 4.97. The van der Waals surface area contributed by atoms with Crippen molar-refractivity contribution in [1.82, 2.24) is 24.6 Å². The van der Waals surface area contributed by atoms with E-state index in [1.807, 2.05) is 18.2 Å². The number of carbonyl (C=O) groups excluding carboxylic acids is 1. The summed E-state index contributed by atoms with van der Waals surface area (Å²) in [5.41, 5.74) is 0.499. The van der Waals surface area contributed by atoms with Crippen LogP contribution in [0, 0.1) is 5.82 Å². The van der Waals surface area contributed by atoms with E-state index in [1.165, 1.54) is 23.2 Å². The summed E-state index contributed by atoms with van der Waals surface area (Å²) in [6.07, 6.45) is 2.16. The second-order valence-corrected chi connectivity index (χ2v) is 7.24. The fourth-order valence-electron chi connectivity index (χ4n) is 3.27. The Kier molecular flexibility index (Phi) is 6.25. The lowest BCUT2D eigenvalue weighted by Gasteiger charge is -2.14. The second kappa shape index (κ2) is 9.42. The van der Waals surface area contributed by atoms with Gasteiger partial charge in [0.15, 0.2) is 11.8 Å². The van der Waals surface area contributed by atoms with Gasteiger partial charge in [-0.3, -0.25) is 14.2 Å². The fourth-order valence-corrected chi connectivity index (χ4v) is 3.27. The molecule has 1 atom stereocenters. The lowest BCUT2D eigenvalue weighted by atomic mass is 10.2. The molecule has 2 aromatic heterocycles. The van der Waals surface area contributed by atoms with Crippen molar-refractivity contribution in [3.05, 3.63) is 88.9 Å². The third-order valence-corrected chi connectivity index (χ3v) is 4.97. The van der Waals surface area contributed by atoms with Crippen molar-refractivity contribution in [1.29, 1.82) is 0 Å². The molecular weight excluding hydrogens is 413 g/mol. The number of para-hydroxylation sites is 1. The molecule has 0 aliphatic heterocycles. The largest absolute Gasteiger partial charge is 0.481 e. The van der Waals surface area contributed by atoms with Gasteiger partial charge in [-0.25, -0.2) is 14.1 Å². The second-order valence-electron chi connectivity index (χ2n) is 7.24. The van der Waals surface area contributed by atoms with E-state index >= 15 is 0 Å². The molecule has 0 spiro atoms. The van der Waals surface area contributed by atoms with Crippen molar-refractivity contribution in [3.8, 4) is 5.75 Å². The van der Waals surface area contributed by atoms with Gasteiger partial charge in [0.25, 0.3) is 11.5 Å². The molecule has 2 heterocycles. The van der Waals surface area contributed by atoms with Crippen LogP contribution in [0.3, 0.4) is 0 Å². The number of nitrogens with zero attached hydrogens (tertiary/aromatic N) is 4. The zero-order chi connectivity index (χ0) is 22.5. The maximum absolute atomic E-state index is 13.9. The molecule has 0 aliphatic carbocycles. The lowest BCUT2D eigenvalue weighted by molar-refractivity contribution is -0.127. The zero-order valence-electron chi connectivity index (χ0n) is 17.4. The quantitative estimate of drug-likeness (QED) is 0.459. The minimum Gasteiger partial charge on any atom is -0.481 e. The van der Waals surface area contributed by atoms with Gasteiger partial charge in [0.2, 0.25) is 0 Å². The Hall–Kier alpha value is -4.01. The number of benzene rings is 2. The molecule has 32 heavy (non-hydrogen) atoms. The topological polar surface area (TPSA) is 91.0 Å². The highest BCUT2D eigenvalue weighted by molar-refractivity contribution is 5.80. The van der Waals surface area contributed by atoms with Gasteiger partial charge in [-0.2, -0.15) is 5.10 Å². The summed E-state index contributed by atoms with van der Waals surface area (Å²) in [4.78, 5) is 29.4. The number of ether oxygens (including phenoxy) is 1. The summed E-state index contributed by atoms with van der Waals surface area (Å²) in [5, 5.41) is 7.34. The van der Waals surface area contributed by atoms with Crippen LogP contribution in [0.5, 0.6) is 5.75 Å². The number of hydrogen-bond acceptors (Lipinski definition) is 5. The van der Waals surface area contributed by atoms with E-state index in [1.54, 1.807) is 41.9 Å². The van der Waals surface area contributed by atoms with E-state index in [0.717, 1.165) is 0 Å². The van der Waals surface area contributed by atoms with E-state index in [2.05, 4.69) is 15.4 Å². The lowest BCUT2D eigenvalue weighted by Crippen LogP contribution is -2.38. The van der Waals surface area contributed by atoms with Crippen molar-refractivity contribution in [2.75, 3.05) is 6.54 Å². The summed E-state index contributed by atoms with van der Waals surface area (Å²) in [5.74, 6) is -0.0222. The SMILES string of the molecule is C[C@H](Oc1ccccc1)C(=O)NCCn1ncc2c(=O)n(Cc3ccccc3F)cnc21. The number of rotatable bonds is 8. The molecular formula is C23H22FN5O3. The Morgan fingerprint density at radius 3 is 2.69 bits per heavy atom. The van der Waals surface area contributed by atoms with Gasteiger partial charge in [0.05, 0.1) is 19.3 Å². The van der Waals surface area contributed by atoms with Gasteiger partial charge in [-0.05, 0) is 25.1 Å². The molecule has 4 aromatic rings. The fraction of sp³-hybridized carbons (Fsp3) is 0.217. The Morgan fingerprint density at radius 1 is 1.16 bits per heavy atom. The molecule has 1 amide bonds. The first-order chi connectivity index (χ1) is 15.5. The molecule has 1 N–H and O–H groups in total. The zero-order valence-corrected chi connectivity index (χ0v) is 17.4. The smallest absolute Gasteiger partial charge is 0.264 e. The Balaban J connectivity index is 1.39. The highest BCUT2D eigenvalue weighted by Gasteiger charge is 2.15. The average Bonchev–Trinajstić information content (AvgIpc) is 3.21. The highest BCUT2D eigenvalue weighted by atomic mass is 19.1. The normalized spacial score (nSPS) is 11.9. The first kappa shape index (κ1) is 21.2. The van der Waals surface area contributed by atoms with E-state index in [-0.39, 0.29) is 30.4 Å². The molecule has 0 bridgehead atoms. The van der Waals surface area contributed by atoms with Gasteiger partial charge >= 0.3 is 0 Å². The van der Waals surface area contributed by atoms with E-state index in [4.69, 9.17) is 4.74 Å². The standard InChI is InChI=1S/C23H22FN5O3/c1-16(32-18-8-3-2-4-9-18)22(30)25-11-12-29-21-19(13-27-29)23(31)28(15-26-21)14-17-7-5-6-10-20(17)24/h2-10,13,15-16H,11-12,14H2,1H3,(H,25,30)/t16-/m0/s1. The van der Waals surface area contributed by atoms with Crippen LogP contribution in [0.25, 0.3) is 11.0 Å². The molecule has 0 aliphatic rings. The summed E-state index contributed by atoms with van der Waals surface area (Å²) in [6.45, 7) is 2.37. The molecule has 0 fully saturated rings. The van der Waals surface area contributed by atoms with E-state index in [9.17, 15) is 14.0 Å². The molecule has 0 radical (unpaired) electrons. The predicted molar refractivity (Wildman–Crippen MR) is 117 cm³/mol. The summed E-state index contributed by atoms with van der Waals surface area (Å²) < 4.78 is 22.4. The number of halogens is 1. The van der Waals surface area contributed by atoms with Crippen LogP contribution < -0.4 is 15.6 Å². The van der Waals surface area contributed by atoms with Crippen LogP contribution in [-0.2, 0) is 17.9 Å². The predicted octanol–water partition coefficient (Wildman–Crippen LogP) is 2.36. The van der Waals surface area contributed by atoms with Gasteiger partial charge in [-0.15, -0.1) is 0 Å². The van der Waals surface area contributed by atoms with Crippen molar-refractivity contribution in [2.24, 2.45) is 0 Å². The Bertz CT molecular complexity index is 1290. The average molecular weight is 435 g/mol. The van der Waals surface area contributed by atoms with Gasteiger partial charge in [0.1, 0.15) is 23.3 Å². The first-order valence-electron chi connectivity index (χ1n) is 10.2. The van der Waals surface area contributed by atoms with Crippen LogP contribution >= 0.6 is 0 Å². The number of carbonyl (C=O) groups is 1. The summed E-state index contributed by atoms with van der Waals surface area (Å²) >= 11 is 0. The number of fused-ring (bicyclic) bond motifs is 1. The van der Waals surface area contributed by atoms with Crippen LogP contribution in [0.4, 0.5) is 4.39 Å². The minimum absolute atomic E-state index is 0.0784. The molecule has 164 valence electrons. The van der Waals surface area contributed by atoms with Crippen molar-refractivity contribution in [3.63, 3.8) is 0 Å². The third kappa shape index (κ3) is 4.66. The maximum Gasteiger partial charge on any atom is 0.264 e. The van der Waals surface area contributed by atoms with Crippen LogP contribution in [0.1, 0.15) is 12.5 Å². The number of nitrogens with one attached hydrogen (secondary N) is 1. The summed E-state index contributed by atoms with van der Waals surface area (Å²) in [7, 11) is 0. The molecule has 2 aromatic carbocycles. The van der Waals surface area contributed by atoms with E-state index in [0.29, 0.717) is 28.9 Å². The van der Waals surface area contributed by atoms with Crippen molar-refractivity contribution >= 4 is 16.9 Å². The van der Waals surface area contributed by atoms with Crippen LogP contribution in [0.15, 0.2) is 71.9 Å². The van der Waals surface area contributed by atoms with E-state index < -0.39 is 6.10 Å². The van der Waals surface area contributed by atoms with Gasteiger partial charge < -0.3 is 10.1 Å². The number of hydrogen-bond donors (Lipinski definition) is 1. The molecule has 4 rings (SSSR count). The molecule has 8 nitrogen and oxygen atoms in total. The van der Waals surface area contributed by atoms with Crippen LogP contribution in [0.2, 0.25) is 0 Å². The van der Waals surface area contributed by atoms with Gasteiger partial charge in [0, 0.05) is 12.1 Å². The molecule has 9 heteroatoms. The minimum atomic E-state index is -0.657. The van der Waals surface area contributed by atoms with Gasteiger partial charge in [-0.1, -0.05) is 36.4 Å². The van der Waals surface area contributed by atoms with Crippen LogP contribution in [-0.4, -0.2) is 37.9 Å². The highest BCUT2D eigenvalue weighted by Crippen LogP contribution is 2.11. The Morgan fingerprint density at radius 2 is 1.91 bits per heavy atom. The number of amides is 1. The summed E-state index contributed by atoms with van der Waals surface area (Å²) in [6, 6.07) is 15.4. The van der Waals surface area contributed by atoms with Crippen molar-refractivity contribution < 1.29 is 13.9 Å². The van der Waals surface area contributed by atoms with Crippen molar-refractivity contribution in [2.45, 2.75) is 26.1 Å². The monoisotopic (exact) mass is 435 g/mol. The Labute approximate surface area is 183 Å². The molecule has 0 saturated carbocycles. The molecule has 0 saturated heterocycles. The molecule has 0 unspecified atom stereocenters. The number of aromatic nitrogens is 4.